The van der Waals surface area contributed by atoms with Crippen molar-refractivity contribution in [3.8, 4) is 17.2 Å². The first-order valence-corrected chi connectivity index (χ1v) is 10.4. The molecule has 5 nitrogen and oxygen atoms in total. The molecule has 0 radical (unpaired) electrons. The van der Waals surface area contributed by atoms with E-state index in [0.717, 1.165) is 24.5 Å². The van der Waals surface area contributed by atoms with Gasteiger partial charge in [0.15, 0.2) is 0 Å². The molecule has 2 aromatic carbocycles. The van der Waals surface area contributed by atoms with Gasteiger partial charge in [0.05, 0.1) is 0 Å². The molecule has 6 heteroatoms. The molecule has 0 heterocycles. The quantitative estimate of drug-likeness (QED) is 0.431. The zero-order valence-electron chi connectivity index (χ0n) is 15.0. The summed E-state index contributed by atoms with van der Waals surface area (Å²) in [6.45, 7) is 2.21. The number of aryl methyl sites for hydroxylation is 1. The second kappa shape index (κ2) is 9.59. The molecule has 0 saturated heterocycles. The van der Waals surface area contributed by atoms with Gasteiger partial charge in [0.25, 0.3) is 10.1 Å². The maximum absolute atomic E-state index is 11.2. The third-order valence-corrected chi connectivity index (χ3v) is 4.95. The highest BCUT2D eigenvalue weighted by Gasteiger charge is 2.13. The first-order chi connectivity index (χ1) is 12.4. The van der Waals surface area contributed by atoms with Gasteiger partial charge >= 0.3 is 0 Å². The third kappa shape index (κ3) is 6.69. The molecule has 0 saturated carbocycles. The van der Waals surface area contributed by atoms with Crippen LogP contribution >= 0.6 is 0 Å². The van der Waals surface area contributed by atoms with Crippen molar-refractivity contribution in [3.63, 3.8) is 0 Å². The van der Waals surface area contributed by atoms with Crippen LogP contribution in [0, 0.1) is 0 Å². The van der Waals surface area contributed by atoms with Gasteiger partial charge in [-0.05, 0) is 30.5 Å². The molecule has 0 fully saturated rings. The van der Waals surface area contributed by atoms with E-state index >= 15 is 0 Å². The van der Waals surface area contributed by atoms with Crippen molar-refractivity contribution in [1.82, 2.24) is 0 Å². The zero-order chi connectivity index (χ0) is 19.0. The number of unbranched alkanes of at least 4 members (excludes halogenated alkanes) is 5. The summed E-state index contributed by atoms with van der Waals surface area (Å²) in [5, 5.41) is 9.64. The van der Waals surface area contributed by atoms with Gasteiger partial charge in [-0.25, -0.2) is 0 Å². The predicted molar refractivity (Wildman–Crippen MR) is 102 cm³/mol. The standard InChI is InChI=1S/C20H26O5S/c1-2-3-4-5-6-7-9-16-10-8-11-18(12-16)25-19-13-17(21)14-20(15-19)26(22,23)24/h8,10-15,21H,2-7,9H2,1H3,(H,22,23,24). The van der Waals surface area contributed by atoms with Crippen LogP contribution in [0.25, 0.3) is 0 Å². The predicted octanol–water partition coefficient (Wildman–Crippen LogP) is 5.33. The summed E-state index contributed by atoms with van der Waals surface area (Å²) in [6, 6.07) is 11.0. The molecule has 0 bridgehead atoms. The highest BCUT2D eigenvalue weighted by atomic mass is 32.2. The number of ether oxygens (including phenoxy) is 1. The number of phenolic OH excluding ortho intramolecular Hbond substituents is 1. The average molecular weight is 378 g/mol. The van der Waals surface area contributed by atoms with Crippen molar-refractivity contribution in [3.05, 3.63) is 48.0 Å². The first kappa shape index (κ1) is 20.3. The van der Waals surface area contributed by atoms with Crippen LogP contribution in [-0.4, -0.2) is 18.1 Å². The van der Waals surface area contributed by atoms with Crippen molar-refractivity contribution >= 4 is 10.1 Å². The molecule has 0 aromatic heterocycles. The second-order valence-corrected chi connectivity index (χ2v) is 7.83. The van der Waals surface area contributed by atoms with Gasteiger partial charge in [0.1, 0.15) is 22.1 Å². The number of rotatable bonds is 10. The average Bonchev–Trinajstić information content (AvgIpc) is 2.57. The van der Waals surface area contributed by atoms with E-state index in [2.05, 4.69) is 6.92 Å². The van der Waals surface area contributed by atoms with Crippen LogP contribution in [-0.2, 0) is 16.5 Å². The number of benzene rings is 2. The van der Waals surface area contributed by atoms with Crippen molar-refractivity contribution in [2.45, 2.75) is 56.8 Å². The van der Waals surface area contributed by atoms with Crippen molar-refractivity contribution < 1.29 is 22.8 Å². The third-order valence-electron chi connectivity index (χ3n) is 4.12. The Balaban J connectivity index is 1.99. The molecule has 0 aliphatic carbocycles. The topological polar surface area (TPSA) is 83.8 Å². The summed E-state index contributed by atoms with van der Waals surface area (Å²) in [5.41, 5.74) is 1.15. The highest BCUT2D eigenvalue weighted by Crippen LogP contribution is 2.29. The van der Waals surface area contributed by atoms with Gasteiger partial charge in [-0.1, -0.05) is 51.2 Å². The minimum absolute atomic E-state index is 0.148. The number of aromatic hydroxyl groups is 1. The van der Waals surface area contributed by atoms with E-state index in [9.17, 15) is 13.5 Å². The van der Waals surface area contributed by atoms with Crippen LogP contribution in [0.5, 0.6) is 17.2 Å². The maximum Gasteiger partial charge on any atom is 0.294 e. The molecule has 142 valence electrons. The van der Waals surface area contributed by atoms with E-state index in [1.165, 1.54) is 44.2 Å². The Morgan fingerprint density at radius 2 is 1.65 bits per heavy atom. The number of phenols is 1. The molecule has 0 atom stereocenters. The van der Waals surface area contributed by atoms with Crippen molar-refractivity contribution in [2.24, 2.45) is 0 Å². The summed E-state index contributed by atoms with van der Waals surface area (Å²) in [7, 11) is -4.41. The second-order valence-electron chi connectivity index (χ2n) is 6.40. The SMILES string of the molecule is CCCCCCCCc1cccc(Oc2cc(O)cc(S(=O)(=O)O)c2)c1. The van der Waals surface area contributed by atoms with Gasteiger partial charge in [-0.3, -0.25) is 4.55 Å². The largest absolute Gasteiger partial charge is 0.508 e. The summed E-state index contributed by atoms with van der Waals surface area (Å²) in [5.74, 6) is 0.410. The van der Waals surface area contributed by atoms with Crippen LogP contribution in [0.1, 0.15) is 51.0 Å². The normalized spacial score (nSPS) is 11.5. The lowest BCUT2D eigenvalue weighted by Gasteiger charge is -2.09. The number of hydrogen-bond acceptors (Lipinski definition) is 4. The fourth-order valence-corrected chi connectivity index (χ4v) is 3.31. The van der Waals surface area contributed by atoms with Crippen molar-refractivity contribution in [1.29, 1.82) is 0 Å². The monoisotopic (exact) mass is 378 g/mol. The zero-order valence-corrected chi connectivity index (χ0v) is 15.8. The van der Waals surface area contributed by atoms with Gasteiger partial charge in [-0.2, -0.15) is 8.42 Å². The molecule has 0 unspecified atom stereocenters. The van der Waals surface area contributed by atoms with Gasteiger partial charge in [0, 0.05) is 18.2 Å². The highest BCUT2D eigenvalue weighted by molar-refractivity contribution is 7.85. The van der Waals surface area contributed by atoms with Crippen LogP contribution < -0.4 is 4.74 Å². The van der Waals surface area contributed by atoms with E-state index < -0.39 is 15.0 Å². The minimum atomic E-state index is -4.41. The molecule has 0 spiro atoms. The van der Waals surface area contributed by atoms with Crippen LogP contribution in [0.3, 0.4) is 0 Å². The fraction of sp³-hybridized carbons (Fsp3) is 0.400. The molecule has 26 heavy (non-hydrogen) atoms. The maximum atomic E-state index is 11.2. The van der Waals surface area contributed by atoms with Crippen LogP contribution in [0.4, 0.5) is 0 Å². The smallest absolute Gasteiger partial charge is 0.294 e. The molecule has 2 N–H and O–H groups in total. The molecule has 0 amide bonds. The molecular formula is C20H26O5S. The Bertz CT molecular complexity index is 815. The van der Waals surface area contributed by atoms with Crippen LogP contribution in [0.2, 0.25) is 0 Å². The molecular weight excluding hydrogens is 352 g/mol. The Morgan fingerprint density at radius 3 is 2.38 bits per heavy atom. The summed E-state index contributed by atoms with van der Waals surface area (Å²) in [6.07, 6.45) is 8.35. The Hall–Kier alpha value is -2.05. The molecule has 2 rings (SSSR count). The fourth-order valence-electron chi connectivity index (χ4n) is 2.77. The number of hydrogen-bond donors (Lipinski definition) is 2. The first-order valence-electron chi connectivity index (χ1n) is 8.97. The molecule has 0 aliphatic heterocycles. The van der Waals surface area contributed by atoms with Gasteiger partial charge in [0.2, 0.25) is 0 Å². The van der Waals surface area contributed by atoms with E-state index in [-0.39, 0.29) is 11.5 Å². The lowest BCUT2D eigenvalue weighted by atomic mass is 10.0. The van der Waals surface area contributed by atoms with Crippen LogP contribution in [0.15, 0.2) is 47.4 Å². The van der Waals surface area contributed by atoms with E-state index in [1.54, 1.807) is 6.07 Å². The van der Waals surface area contributed by atoms with E-state index in [1.807, 2.05) is 18.2 Å². The van der Waals surface area contributed by atoms with Gasteiger partial charge in [-0.15, -0.1) is 0 Å². The van der Waals surface area contributed by atoms with E-state index in [4.69, 9.17) is 9.29 Å². The summed E-state index contributed by atoms with van der Waals surface area (Å²) in [4.78, 5) is -0.407. The summed E-state index contributed by atoms with van der Waals surface area (Å²) >= 11 is 0. The van der Waals surface area contributed by atoms with Crippen molar-refractivity contribution in [2.75, 3.05) is 0 Å². The lowest BCUT2D eigenvalue weighted by molar-refractivity contribution is 0.446. The molecule has 2 aromatic rings. The molecule has 0 aliphatic rings. The Morgan fingerprint density at radius 1 is 0.923 bits per heavy atom. The lowest BCUT2D eigenvalue weighted by Crippen LogP contribution is -1.98. The van der Waals surface area contributed by atoms with E-state index in [0.29, 0.717) is 5.75 Å². The Labute approximate surface area is 155 Å². The van der Waals surface area contributed by atoms with Gasteiger partial charge < -0.3 is 9.84 Å². The minimum Gasteiger partial charge on any atom is -0.508 e. The Kier molecular flexibility index (Phi) is 7.48. The summed E-state index contributed by atoms with van der Waals surface area (Å²) < 4.78 is 37.3.